The van der Waals surface area contributed by atoms with Crippen molar-refractivity contribution in [3.63, 3.8) is 0 Å². The Morgan fingerprint density at radius 3 is 2.62 bits per heavy atom. The molecule has 0 nitrogen and oxygen atoms in total. The standard InChI is InChI=1S/C15H19Cl/c1-2-4-12-5-3-6-14(11-12)13-7-9-15(16)10-8-13/h2,4,7-10,12,14H,3,5-6,11H2,1H3. The summed E-state index contributed by atoms with van der Waals surface area (Å²) in [5.41, 5.74) is 1.46. The lowest BCUT2D eigenvalue weighted by Crippen LogP contribution is -2.12. The van der Waals surface area contributed by atoms with Crippen molar-refractivity contribution in [2.75, 3.05) is 0 Å². The maximum atomic E-state index is 5.92. The molecule has 0 amide bonds. The summed E-state index contributed by atoms with van der Waals surface area (Å²) in [4.78, 5) is 0. The molecule has 2 rings (SSSR count). The predicted molar refractivity (Wildman–Crippen MR) is 71.0 cm³/mol. The smallest absolute Gasteiger partial charge is 0.0406 e. The fourth-order valence-corrected chi connectivity index (χ4v) is 2.84. The Hall–Kier alpha value is -0.750. The summed E-state index contributed by atoms with van der Waals surface area (Å²) < 4.78 is 0. The Morgan fingerprint density at radius 1 is 1.19 bits per heavy atom. The first-order chi connectivity index (χ1) is 7.79. The van der Waals surface area contributed by atoms with Gasteiger partial charge in [-0.25, -0.2) is 0 Å². The van der Waals surface area contributed by atoms with Crippen LogP contribution in [0.3, 0.4) is 0 Å². The summed E-state index contributed by atoms with van der Waals surface area (Å²) in [6.07, 6.45) is 9.88. The highest BCUT2D eigenvalue weighted by Gasteiger charge is 2.21. The van der Waals surface area contributed by atoms with Crippen molar-refractivity contribution in [2.24, 2.45) is 5.92 Å². The van der Waals surface area contributed by atoms with Crippen molar-refractivity contribution >= 4 is 11.6 Å². The topological polar surface area (TPSA) is 0 Å². The monoisotopic (exact) mass is 234 g/mol. The summed E-state index contributed by atoms with van der Waals surface area (Å²) in [7, 11) is 0. The van der Waals surface area contributed by atoms with Gasteiger partial charge in [0.2, 0.25) is 0 Å². The average molecular weight is 235 g/mol. The van der Waals surface area contributed by atoms with Crippen LogP contribution in [0.5, 0.6) is 0 Å². The molecule has 0 heterocycles. The van der Waals surface area contributed by atoms with Crippen LogP contribution in [0, 0.1) is 5.92 Å². The zero-order chi connectivity index (χ0) is 11.4. The molecule has 1 aliphatic rings. The molecule has 1 aliphatic carbocycles. The zero-order valence-corrected chi connectivity index (χ0v) is 10.6. The normalized spacial score (nSPS) is 26.1. The Bertz CT molecular complexity index is 350. The molecule has 0 aromatic heterocycles. The van der Waals surface area contributed by atoms with Gasteiger partial charge in [0.25, 0.3) is 0 Å². The van der Waals surface area contributed by atoms with E-state index in [0.29, 0.717) is 0 Å². The molecule has 0 N–H and O–H groups in total. The van der Waals surface area contributed by atoms with Crippen LogP contribution in [0.2, 0.25) is 5.02 Å². The lowest BCUT2D eigenvalue weighted by atomic mass is 9.78. The van der Waals surface area contributed by atoms with Crippen LogP contribution in [0.25, 0.3) is 0 Å². The number of halogens is 1. The maximum Gasteiger partial charge on any atom is 0.0406 e. The second-order valence-electron chi connectivity index (χ2n) is 4.70. The average Bonchev–Trinajstić information content (AvgIpc) is 2.31. The second kappa shape index (κ2) is 5.54. The largest absolute Gasteiger partial charge is 0.0914 e. The molecule has 16 heavy (non-hydrogen) atoms. The van der Waals surface area contributed by atoms with E-state index in [1.165, 1.54) is 31.2 Å². The summed E-state index contributed by atoms with van der Waals surface area (Å²) in [6.45, 7) is 2.12. The summed E-state index contributed by atoms with van der Waals surface area (Å²) >= 11 is 5.92. The van der Waals surface area contributed by atoms with Crippen LogP contribution in [-0.2, 0) is 0 Å². The number of hydrogen-bond acceptors (Lipinski definition) is 0. The Kier molecular flexibility index (Phi) is 4.06. The third kappa shape index (κ3) is 2.89. The molecule has 86 valence electrons. The van der Waals surface area contributed by atoms with Gasteiger partial charge in [-0.05, 0) is 55.7 Å². The van der Waals surface area contributed by atoms with Crippen molar-refractivity contribution < 1.29 is 0 Å². The highest BCUT2D eigenvalue weighted by molar-refractivity contribution is 6.30. The molecule has 1 saturated carbocycles. The molecule has 0 bridgehead atoms. The van der Waals surface area contributed by atoms with E-state index in [2.05, 4.69) is 31.2 Å². The van der Waals surface area contributed by atoms with Crippen molar-refractivity contribution in [2.45, 2.75) is 38.5 Å². The third-order valence-electron chi connectivity index (χ3n) is 3.52. The Labute approximate surface area is 103 Å². The van der Waals surface area contributed by atoms with Gasteiger partial charge < -0.3 is 0 Å². The van der Waals surface area contributed by atoms with E-state index in [9.17, 15) is 0 Å². The number of benzene rings is 1. The molecule has 0 spiro atoms. The van der Waals surface area contributed by atoms with Gasteiger partial charge in [0.05, 0.1) is 0 Å². The van der Waals surface area contributed by atoms with E-state index in [4.69, 9.17) is 11.6 Å². The highest BCUT2D eigenvalue weighted by Crippen LogP contribution is 2.36. The molecule has 0 radical (unpaired) electrons. The van der Waals surface area contributed by atoms with E-state index in [1.807, 2.05) is 12.1 Å². The molecule has 1 aromatic carbocycles. The van der Waals surface area contributed by atoms with E-state index in [-0.39, 0.29) is 0 Å². The van der Waals surface area contributed by atoms with Gasteiger partial charge in [0, 0.05) is 5.02 Å². The molecule has 2 atom stereocenters. The van der Waals surface area contributed by atoms with E-state index in [1.54, 1.807) is 0 Å². The van der Waals surface area contributed by atoms with Crippen LogP contribution < -0.4 is 0 Å². The predicted octanol–water partition coefficient (Wildman–Crippen LogP) is 5.19. The fraction of sp³-hybridized carbons (Fsp3) is 0.467. The SMILES string of the molecule is CC=CC1CCCC(c2ccc(Cl)cc2)C1. The maximum absolute atomic E-state index is 5.92. The van der Waals surface area contributed by atoms with Crippen LogP contribution in [0.4, 0.5) is 0 Å². The minimum atomic E-state index is 0.729. The third-order valence-corrected chi connectivity index (χ3v) is 3.77. The van der Waals surface area contributed by atoms with Gasteiger partial charge in [-0.3, -0.25) is 0 Å². The highest BCUT2D eigenvalue weighted by atomic mass is 35.5. The molecule has 1 aromatic rings. The lowest BCUT2D eigenvalue weighted by Gasteiger charge is -2.27. The molecular formula is C15H19Cl. The number of allylic oxidation sites excluding steroid dienone is 2. The molecule has 1 fully saturated rings. The van der Waals surface area contributed by atoms with E-state index in [0.717, 1.165) is 16.9 Å². The van der Waals surface area contributed by atoms with Crippen LogP contribution in [-0.4, -0.2) is 0 Å². The first-order valence-corrected chi connectivity index (χ1v) is 6.55. The quantitative estimate of drug-likeness (QED) is 0.618. The second-order valence-corrected chi connectivity index (χ2v) is 5.14. The molecular weight excluding hydrogens is 216 g/mol. The van der Waals surface area contributed by atoms with Gasteiger partial charge in [-0.2, -0.15) is 0 Å². The zero-order valence-electron chi connectivity index (χ0n) is 9.83. The first kappa shape index (κ1) is 11.7. The molecule has 0 aliphatic heterocycles. The summed E-state index contributed by atoms with van der Waals surface area (Å²) in [5.74, 6) is 1.51. The molecule has 2 unspecified atom stereocenters. The first-order valence-electron chi connectivity index (χ1n) is 6.18. The van der Waals surface area contributed by atoms with Crippen molar-refractivity contribution in [3.05, 3.63) is 47.0 Å². The minimum absolute atomic E-state index is 0.729. The van der Waals surface area contributed by atoms with Gasteiger partial charge in [0.15, 0.2) is 0 Å². The van der Waals surface area contributed by atoms with Crippen LogP contribution >= 0.6 is 11.6 Å². The van der Waals surface area contributed by atoms with Crippen molar-refractivity contribution in [1.82, 2.24) is 0 Å². The number of hydrogen-bond donors (Lipinski definition) is 0. The fourth-order valence-electron chi connectivity index (χ4n) is 2.71. The molecule has 0 saturated heterocycles. The van der Waals surface area contributed by atoms with Crippen molar-refractivity contribution in [3.8, 4) is 0 Å². The Morgan fingerprint density at radius 2 is 1.94 bits per heavy atom. The van der Waals surface area contributed by atoms with E-state index < -0.39 is 0 Å². The Balaban J connectivity index is 2.06. The van der Waals surface area contributed by atoms with Gasteiger partial charge in [0.1, 0.15) is 0 Å². The lowest BCUT2D eigenvalue weighted by molar-refractivity contribution is 0.372. The number of rotatable bonds is 2. The summed E-state index contributed by atoms with van der Waals surface area (Å²) in [5, 5.41) is 0.838. The molecule has 1 heteroatoms. The van der Waals surface area contributed by atoms with Crippen LogP contribution in [0.15, 0.2) is 36.4 Å². The van der Waals surface area contributed by atoms with Crippen molar-refractivity contribution in [1.29, 1.82) is 0 Å². The van der Waals surface area contributed by atoms with Gasteiger partial charge in [-0.15, -0.1) is 0 Å². The summed E-state index contributed by atoms with van der Waals surface area (Å²) in [6, 6.07) is 8.39. The van der Waals surface area contributed by atoms with Gasteiger partial charge >= 0.3 is 0 Å². The van der Waals surface area contributed by atoms with Crippen LogP contribution in [0.1, 0.15) is 44.1 Å². The minimum Gasteiger partial charge on any atom is -0.0914 e. The van der Waals surface area contributed by atoms with E-state index >= 15 is 0 Å². The van der Waals surface area contributed by atoms with Gasteiger partial charge in [-0.1, -0.05) is 42.3 Å².